The first-order valence-electron chi connectivity index (χ1n) is 9.36. The number of aromatic amines is 2. The van der Waals surface area contributed by atoms with E-state index in [1.807, 2.05) is 13.8 Å². The summed E-state index contributed by atoms with van der Waals surface area (Å²) >= 11 is 0. The number of likely N-dealkylation sites (tertiary alicyclic amines) is 1. The van der Waals surface area contributed by atoms with Crippen LogP contribution in [-0.2, 0) is 11.3 Å². The van der Waals surface area contributed by atoms with Crippen LogP contribution in [0, 0.1) is 5.92 Å². The molecule has 1 aliphatic heterocycles. The molecule has 2 atom stereocenters. The lowest BCUT2D eigenvalue weighted by atomic mass is 10.0. The van der Waals surface area contributed by atoms with Crippen LogP contribution in [-0.4, -0.2) is 66.1 Å². The molecule has 156 valence electrons. The molecule has 0 aliphatic carbocycles. The Bertz CT molecular complexity index is 863. The van der Waals surface area contributed by atoms with Crippen molar-refractivity contribution in [1.29, 1.82) is 0 Å². The first-order valence-corrected chi connectivity index (χ1v) is 9.36. The molecular weight excluding hydrogens is 380 g/mol. The molecule has 2 aromatic heterocycles. The number of nitrogens with zero attached hydrogens (tertiary/aromatic N) is 4. The van der Waals surface area contributed by atoms with Gasteiger partial charge in [0, 0.05) is 12.2 Å². The van der Waals surface area contributed by atoms with E-state index in [9.17, 15) is 14.4 Å². The third kappa shape index (κ3) is 4.70. The summed E-state index contributed by atoms with van der Waals surface area (Å²) in [5.74, 6) is -0.233. The third-order valence-electron chi connectivity index (χ3n) is 4.85. The normalized spacial score (nSPS) is 17.3. The summed E-state index contributed by atoms with van der Waals surface area (Å²) in [7, 11) is 0. The number of carbonyl (C=O) groups is 3. The molecule has 3 rings (SSSR count). The van der Waals surface area contributed by atoms with Crippen LogP contribution in [0.4, 0.5) is 4.79 Å². The van der Waals surface area contributed by atoms with Gasteiger partial charge in [0.05, 0.1) is 12.6 Å². The average Bonchev–Trinajstić information content (AvgIpc) is 3.44. The lowest BCUT2D eigenvalue weighted by Crippen LogP contribution is -2.46. The van der Waals surface area contributed by atoms with Gasteiger partial charge in [0.25, 0.3) is 5.91 Å². The molecule has 1 fully saturated rings. The molecule has 1 aliphatic rings. The van der Waals surface area contributed by atoms with Crippen molar-refractivity contribution in [2.75, 3.05) is 6.54 Å². The number of carbonyl (C=O) groups excluding carboxylic acids is 2. The number of hydrogen-bond donors (Lipinski definition) is 5. The molecule has 0 bridgehead atoms. The summed E-state index contributed by atoms with van der Waals surface area (Å²) < 4.78 is 0. The van der Waals surface area contributed by atoms with E-state index >= 15 is 0 Å². The fourth-order valence-corrected chi connectivity index (χ4v) is 3.43. The van der Waals surface area contributed by atoms with Crippen molar-refractivity contribution in [3.63, 3.8) is 0 Å². The maximum absolute atomic E-state index is 13.0. The Labute approximate surface area is 166 Å². The van der Waals surface area contributed by atoms with Crippen molar-refractivity contribution in [2.24, 2.45) is 5.92 Å². The predicted molar refractivity (Wildman–Crippen MR) is 99.6 cm³/mol. The van der Waals surface area contributed by atoms with Gasteiger partial charge in [0.15, 0.2) is 5.82 Å². The number of carboxylic acid groups (broad SMARTS) is 1. The number of amides is 3. The van der Waals surface area contributed by atoms with Gasteiger partial charge in [-0.15, -0.1) is 10.2 Å². The highest BCUT2D eigenvalue weighted by Gasteiger charge is 2.35. The van der Waals surface area contributed by atoms with Crippen molar-refractivity contribution in [1.82, 2.24) is 41.1 Å². The molecule has 0 saturated carbocycles. The molecule has 0 aromatic carbocycles. The number of rotatable bonds is 7. The van der Waals surface area contributed by atoms with Gasteiger partial charge < -0.3 is 25.6 Å². The molecule has 2 aromatic rings. The monoisotopic (exact) mass is 404 g/mol. The van der Waals surface area contributed by atoms with Gasteiger partial charge in [0.2, 0.25) is 5.91 Å². The topological polar surface area (TPSA) is 169 Å². The second-order valence-corrected chi connectivity index (χ2v) is 7.20. The smallest absolute Gasteiger partial charge is 0.405 e. The molecular formula is C17H24N8O4. The predicted octanol–water partition coefficient (Wildman–Crippen LogP) is 0.414. The summed E-state index contributed by atoms with van der Waals surface area (Å²) in [5.41, 5.74) is 0.916. The number of nitrogens with one attached hydrogen (secondary N) is 4. The quantitative estimate of drug-likeness (QED) is 0.445. The fourth-order valence-electron chi connectivity index (χ4n) is 3.43. The molecule has 3 amide bonds. The zero-order chi connectivity index (χ0) is 21.0. The lowest BCUT2D eigenvalue weighted by molar-refractivity contribution is -0.125. The highest BCUT2D eigenvalue weighted by Crippen LogP contribution is 2.24. The number of tetrazole rings is 1. The van der Waals surface area contributed by atoms with Crippen LogP contribution in [0.5, 0.6) is 0 Å². The van der Waals surface area contributed by atoms with Crippen LogP contribution >= 0.6 is 0 Å². The van der Waals surface area contributed by atoms with E-state index in [1.54, 1.807) is 12.1 Å². The van der Waals surface area contributed by atoms with Crippen molar-refractivity contribution in [3.8, 4) is 0 Å². The molecule has 12 heteroatoms. The zero-order valence-corrected chi connectivity index (χ0v) is 16.2. The fraction of sp³-hybridized carbons (Fsp3) is 0.529. The summed E-state index contributed by atoms with van der Waals surface area (Å²) in [6, 6.07) is 2.25. The first kappa shape index (κ1) is 20.3. The van der Waals surface area contributed by atoms with Crippen molar-refractivity contribution in [3.05, 3.63) is 29.3 Å². The van der Waals surface area contributed by atoms with Gasteiger partial charge >= 0.3 is 6.09 Å². The maximum Gasteiger partial charge on any atom is 0.405 e. The highest BCUT2D eigenvalue weighted by atomic mass is 16.4. The SMILES string of the molecule is CC(C)[C@H](NC(=O)O)c1ccc(C(=O)N2CCCC2C(=O)NCc2nn[nH]n2)[nH]1. The Balaban J connectivity index is 1.68. The Kier molecular flexibility index (Phi) is 6.10. The molecule has 12 nitrogen and oxygen atoms in total. The Morgan fingerprint density at radius 2 is 2.14 bits per heavy atom. The van der Waals surface area contributed by atoms with Crippen LogP contribution in [0.1, 0.15) is 54.7 Å². The van der Waals surface area contributed by atoms with Crippen LogP contribution in [0.15, 0.2) is 12.1 Å². The second kappa shape index (κ2) is 8.71. The van der Waals surface area contributed by atoms with Gasteiger partial charge in [-0.25, -0.2) is 4.79 Å². The van der Waals surface area contributed by atoms with Crippen LogP contribution in [0.25, 0.3) is 0 Å². The standard InChI is InChI=1S/C17H24N8O4/c1-9(2)14(20-17(28)29)10-5-6-11(19-10)16(27)25-7-3-4-12(25)15(26)18-8-13-21-23-24-22-13/h5-6,9,12,14,19-20H,3-4,7-8H2,1-2H3,(H,18,26)(H,28,29)(H,21,22,23,24)/t12?,14-/m0/s1. The van der Waals surface area contributed by atoms with Gasteiger partial charge in [-0.2, -0.15) is 5.21 Å². The maximum atomic E-state index is 13.0. The van der Waals surface area contributed by atoms with E-state index in [1.165, 1.54) is 4.90 Å². The van der Waals surface area contributed by atoms with E-state index in [0.29, 0.717) is 30.2 Å². The zero-order valence-electron chi connectivity index (χ0n) is 16.2. The number of hydrogen-bond acceptors (Lipinski definition) is 6. The number of aromatic nitrogens is 5. The van der Waals surface area contributed by atoms with Gasteiger partial charge in [-0.3, -0.25) is 9.59 Å². The molecule has 5 N–H and O–H groups in total. The van der Waals surface area contributed by atoms with Crippen molar-refractivity contribution in [2.45, 2.75) is 45.3 Å². The Morgan fingerprint density at radius 1 is 1.34 bits per heavy atom. The van der Waals surface area contributed by atoms with Crippen LogP contribution in [0.2, 0.25) is 0 Å². The Hall–Kier alpha value is -3.44. The summed E-state index contributed by atoms with van der Waals surface area (Å²) in [6.07, 6.45) is 0.144. The largest absolute Gasteiger partial charge is 0.465 e. The highest BCUT2D eigenvalue weighted by molar-refractivity contribution is 5.96. The number of H-pyrrole nitrogens is 2. The van der Waals surface area contributed by atoms with E-state index in [2.05, 4.69) is 36.2 Å². The summed E-state index contributed by atoms with van der Waals surface area (Å²) in [6.45, 7) is 4.35. The minimum Gasteiger partial charge on any atom is -0.465 e. The molecule has 1 saturated heterocycles. The molecule has 1 unspecified atom stereocenters. The summed E-state index contributed by atoms with van der Waals surface area (Å²) in [4.78, 5) is 41.1. The second-order valence-electron chi connectivity index (χ2n) is 7.20. The van der Waals surface area contributed by atoms with Gasteiger partial charge in [-0.05, 0) is 30.9 Å². The molecule has 3 heterocycles. The first-order chi connectivity index (χ1) is 13.9. The van der Waals surface area contributed by atoms with Crippen LogP contribution < -0.4 is 10.6 Å². The minimum absolute atomic E-state index is 0.0110. The average molecular weight is 404 g/mol. The van der Waals surface area contributed by atoms with E-state index in [0.717, 1.165) is 6.42 Å². The summed E-state index contributed by atoms with van der Waals surface area (Å²) in [5, 5.41) is 27.5. The third-order valence-corrected chi connectivity index (χ3v) is 4.85. The molecule has 0 spiro atoms. The Morgan fingerprint density at radius 3 is 2.79 bits per heavy atom. The van der Waals surface area contributed by atoms with E-state index in [4.69, 9.17) is 5.11 Å². The van der Waals surface area contributed by atoms with Crippen LogP contribution in [0.3, 0.4) is 0 Å². The minimum atomic E-state index is -1.14. The van der Waals surface area contributed by atoms with Gasteiger partial charge in [-0.1, -0.05) is 19.1 Å². The van der Waals surface area contributed by atoms with Crippen molar-refractivity contribution < 1.29 is 19.5 Å². The van der Waals surface area contributed by atoms with E-state index < -0.39 is 18.2 Å². The lowest BCUT2D eigenvalue weighted by Gasteiger charge is -2.23. The molecule has 0 radical (unpaired) electrons. The van der Waals surface area contributed by atoms with Crippen molar-refractivity contribution >= 4 is 17.9 Å². The van der Waals surface area contributed by atoms with Gasteiger partial charge in [0.1, 0.15) is 11.7 Å². The molecule has 29 heavy (non-hydrogen) atoms. The van der Waals surface area contributed by atoms with E-state index in [-0.39, 0.29) is 24.3 Å².